The van der Waals surface area contributed by atoms with Gasteiger partial charge in [-0.15, -0.1) is 5.73 Å². The molecule has 0 aliphatic heterocycles. The Morgan fingerprint density at radius 1 is 1.28 bits per heavy atom. The molecule has 0 amide bonds. The van der Waals surface area contributed by atoms with Crippen molar-refractivity contribution in [2.45, 2.75) is 64.4 Å². The lowest BCUT2D eigenvalue weighted by atomic mass is 9.91. The molecule has 0 aromatic heterocycles. The SMILES string of the molecule is CCCCCCCC=C[C@H]1C=CC(=O)[C@@H]1CC=C=CCC(O)C(=O)O. The molecule has 2 N–H and O–H groups in total. The molecule has 1 rings (SSSR count). The van der Waals surface area contributed by atoms with E-state index in [1.165, 1.54) is 38.2 Å². The van der Waals surface area contributed by atoms with Gasteiger partial charge in [0.1, 0.15) is 0 Å². The molecule has 1 unspecified atom stereocenters. The normalized spacial score (nSPS) is 20.6. The number of carbonyl (C=O) groups is 2. The first-order chi connectivity index (χ1) is 12.1. The van der Waals surface area contributed by atoms with E-state index in [1.807, 2.05) is 6.08 Å². The Hall–Kier alpha value is -1.90. The van der Waals surface area contributed by atoms with Crippen molar-refractivity contribution >= 4 is 11.8 Å². The molecule has 138 valence electrons. The van der Waals surface area contributed by atoms with E-state index in [0.29, 0.717) is 6.42 Å². The van der Waals surface area contributed by atoms with Gasteiger partial charge in [-0.2, -0.15) is 0 Å². The predicted octanol–water partition coefficient (Wildman–Crippen LogP) is 4.21. The lowest BCUT2D eigenvalue weighted by Crippen LogP contribution is -2.17. The van der Waals surface area contributed by atoms with E-state index in [0.717, 1.165) is 6.42 Å². The second-order valence-corrected chi connectivity index (χ2v) is 6.48. The van der Waals surface area contributed by atoms with Gasteiger partial charge in [0.25, 0.3) is 0 Å². The van der Waals surface area contributed by atoms with E-state index in [1.54, 1.807) is 12.2 Å². The number of carbonyl (C=O) groups excluding carboxylic acids is 1. The van der Waals surface area contributed by atoms with Crippen molar-refractivity contribution in [3.05, 3.63) is 42.2 Å². The number of aliphatic hydroxyl groups is 1. The van der Waals surface area contributed by atoms with E-state index >= 15 is 0 Å². The zero-order valence-corrected chi connectivity index (χ0v) is 15.1. The van der Waals surface area contributed by atoms with Gasteiger partial charge in [-0.3, -0.25) is 4.79 Å². The summed E-state index contributed by atoms with van der Waals surface area (Å²) in [6, 6.07) is 0. The molecule has 1 aliphatic carbocycles. The monoisotopic (exact) mass is 346 g/mol. The van der Waals surface area contributed by atoms with Crippen LogP contribution in [0.3, 0.4) is 0 Å². The molecule has 4 nitrogen and oxygen atoms in total. The number of hydrogen-bond acceptors (Lipinski definition) is 3. The summed E-state index contributed by atoms with van der Waals surface area (Å²) in [4.78, 5) is 22.4. The van der Waals surface area contributed by atoms with Gasteiger partial charge in [0.05, 0.1) is 0 Å². The van der Waals surface area contributed by atoms with E-state index in [2.05, 4.69) is 24.8 Å². The number of aliphatic carboxylic acids is 1. The lowest BCUT2D eigenvalue weighted by molar-refractivity contribution is -0.146. The second kappa shape index (κ2) is 12.5. The quantitative estimate of drug-likeness (QED) is 0.315. The largest absolute Gasteiger partial charge is 0.479 e. The van der Waals surface area contributed by atoms with Crippen LogP contribution in [0.25, 0.3) is 0 Å². The van der Waals surface area contributed by atoms with Gasteiger partial charge in [-0.25, -0.2) is 4.79 Å². The molecule has 0 saturated heterocycles. The molecule has 0 radical (unpaired) electrons. The number of allylic oxidation sites excluding steroid dienone is 4. The van der Waals surface area contributed by atoms with Crippen molar-refractivity contribution in [3.8, 4) is 0 Å². The maximum absolute atomic E-state index is 12.0. The molecular formula is C21H30O4. The van der Waals surface area contributed by atoms with Crippen molar-refractivity contribution in [1.29, 1.82) is 0 Å². The average molecular weight is 346 g/mol. The molecule has 0 heterocycles. The second-order valence-electron chi connectivity index (χ2n) is 6.48. The fourth-order valence-corrected chi connectivity index (χ4v) is 2.80. The van der Waals surface area contributed by atoms with Crippen LogP contribution in [0.4, 0.5) is 0 Å². The highest BCUT2D eigenvalue weighted by atomic mass is 16.4. The van der Waals surface area contributed by atoms with Crippen molar-refractivity contribution < 1.29 is 19.8 Å². The number of unbranched alkanes of at least 4 members (excludes halogenated alkanes) is 5. The minimum absolute atomic E-state index is 0.0179. The van der Waals surface area contributed by atoms with Crippen LogP contribution in [0.15, 0.2) is 42.2 Å². The number of carboxylic acid groups (broad SMARTS) is 1. The summed E-state index contributed by atoms with van der Waals surface area (Å²) in [5, 5.41) is 17.7. The molecule has 0 aromatic rings. The third-order valence-corrected chi connectivity index (χ3v) is 4.38. The Morgan fingerprint density at radius 3 is 2.76 bits per heavy atom. The fourth-order valence-electron chi connectivity index (χ4n) is 2.80. The Labute approximate surface area is 150 Å². The third-order valence-electron chi connectivity index (χ3n) is 4.38. The van der Waals surface area contributed by atoms with E-state index in [9.17, 15) is 9.59 Å². The summed E-state index contributed by atoms with van der Waals surface area (Å²) >= 11 is 0. The number of rotatable bonds is 12. The summed E-state index contributed by atoms with van der Waals surface area (Å²) in [5.74, 6) is -1.08. The first kappa shape index (κ1) is 21.1. The van der Waals surface area contributed by atoms with Crippen LogP contribution in [0.2, 0.25) is 0 Å². The molecule has 0 aromatic carbocycles. The zero-order valence-electron chi connectivity index (χ0n) is 15.1. The summed E-state index contributed by atoms with van der Waals surface area (Å²) in [6.07, 6.45) is 17.7. The molecule has 0 spiro atoms. The van der Waals surface area contributed by atoms with Gasteiger partial charge in [0.2, 0.25) is 0 Å². The van der Waals surface area contributed by atoms with Gasteiger partial charge >= 0.3 is 5.97 Å². The molecule has 0 bridgehead atoms. The van der Waals surface area contributed by atoms with Crippen LogP contribution in [-0.2, 0) is 9.59 Å². The molecule has 25 heavy (non-hydrogen) atoms. The summed E-state index contributed by atoms with van der Waals surface area (Å²) < 4.78 is 0. The topological polar surface area (TPSA) is 74.6 Å². The van der Waals surface area contributed by atoms with E-state index in [4.69, 9.17) is 10.2 Å². The number of aliphatic hydroxyl groups excluding tert-OH is 1. The van der Waals surface area contributed by atoms with Crippen molar-refractivity contribution in [2.24, 2.45) is 11.8 Å². The van der Waals surface area contributed by atoms with Crippen LogP contribution in [0.1, 0.15) is 58.3 Å². The van der Waals surface area contributed by atoms with Gasteiger partial charge in [-0.05, 0) is 37.5 Å². The summed E-state index contributed by atoms with van der Waals surface area (Å²) in [7, 11) is 0. The van der Waals surface area contributed by atoms with Crippen molar-refractivity contribution in [1.82, 2.24) is 0 Å². The van der Waals surface area contributed by atoms with Gasteiger partial charge < -0.3 is 10.2 Å². The molecule has 4 heteroatoms. The molecule has 0 saturated carbocycles. The highest BCUT2D eigenvalue weighted by Crippen LogP contribution is 2.27. The van der Waals surface area contributed by atoms with Gasteiger partial charge in [-0.1, -0.05) is 50.8 Å². The minimum Gasteiger partial charge on any atom is -0.479 e. The Balaban J connectivity index is 2.37. The first-order valence-corrected chi connectivity index (χ1v) is 9.25. The number of hydrogen-bond donors (Lipinski definition) is 2. The fraction of sp³-hybridized carbons (Fsp3) is 0.571. The lowest BCUT2D eigenvalue weighted by Gasteiger charge is -2.11. The standard InChI is InChI=1S/C21H30O4/c1-2-3-4-5-6-7-9-12-17-15-16-19(22)18(17)13-10-8-11-14-20(23)21(24)25/h9-12,15-18,20,23H,2-7,13-14H2,1H3,(H,24,25)/t8?,17-,18+,20?/m0/s1. The highest BCUT2D eigenvalue weighted by Gasteiger charge is 2.26. The minimum atomic E-state index is -1.40. The predicted molar refractivity (Wildman–Crippen MR) is 99.2 cm³/mol. The molecule has 1 aliphatic rings. The number of carboxylic acids is 1. The highest BCUT2D eigenvalue weighted by molar-refractivity contribution is 5.95. The molecular weight excluding hydrogens is 316 g/mol. The number of ketones is 1. The summed E-state index contributed by atoms with van der Waals surface area (Å²) in [6.45, 7) is 2.21. The van der Waals surface area contributed by atoms with E-state index in [-0.39, 0.29) is 24.0 Å². The van der Waals surface area contributed by atoms with Gasteiger partial charge in [0, 0.05) is 18.3 Å². The Kier molecular flexibility index (Phi) is 10.5. The van der Waals surface area contributed by atoms with Crippen molar-refractivity contribution in [2.75, 3.05) is 0 Å². The van der Waals surface area contributed by atoms with Crippen molar-refractivity contribution in [3.63, 3.8) is 0 Å². The van der Waals surface area contributed by atoms with Crippen LogP contribution >= 0.6 is 0 Å². The molecule has 0 fully saturated rings. The zero-order chi connectivity index (χ0) is 18.5. The third kappa shape index (κ3) is 8.67. The summed E-state index contributed by atoms with van der Waals surface area (Å²) in [5.41, 5.74) is 2.86. The Morgan fingerprint density at radius 2 is 2.04 bits per heavy atom. The smallest absolute Gasteiger partial charge is 0.332 e. The Bertz CT molecular complexity index is 538. The van der Waals surface area contributed by atoms with Gasteiger partial charge in [0.15, 0.2) is 11.9 Å². The van der Waals surface area contributed by atoms with E-state index < -0.39 is 12.1 Å². The van der Waals surface area contributed by atoms with Crippen LogP contribution in [-0.4, -0.2) is 28.1 Å². The molecule has 3 atom stereocenters. The van der Waals surface area contributed by atoms with Crippen LogP contribution < -0.4 is 0 Å². The average Bonchev–Trinajstić information content (AvgIpc) is 2.93. The maximum atomic E-state index is 12.0. The maximum Gasteiger partial charge on any atom is 0.332 e. The first-order valence-electron chi connectivity index (χ1n) is 9.25. The van der Waals surface area contributed by atoms with Crippen LogP contribution in [0.5, 0.6) is 0 Å². The van der Waals surface area contributed by atoms with Crippen LogP contribution in [0, 0.1) is 11.8 Å².